The largest absolute Gasteiger partial charge is 0.489 e. The third-order valence-electron chi connectivity index (χ3n) is 3.61. The SMILES string of the molecule is CCOC(=O)c1c(C)nn2ccc(OCc3ccccc3F)cc12. The Morgan fingerprint density at radius 3 is 2.83 bits per heavy atom. The third kappa shape index (κ3) is 3.08. The van der Waals surface area contributed by atoms with E-state index in [4.69, 9.17) is 9.47 Å². The van der Waals surface area contributed by atoms with Crippen LogP contribution in [0.5, 0.6) is 5.75 Å². The van der Waals surface area contributed by atoms with E-state index in [1.165, 1.54) is 6.07 Å². The van der Waals surface area contributed by atoms with Crippen molar-refractivity contribution >= 4 is 11.5 Å². The number of carbonyl (C=O) groups excluding carboxylic acids is 1. The fourth-order valence-corrected chi connectivity index (χ4v) is 2.47. The van der Waals surface area contributed by atoms with Gasteiger partial charge in [-0.05, 0) is 26.0 Å². The second-order valence-corrected chi connectivity index (χ2v) is 5.25. The highest BCUT2D eigenvalue weighted by Crippen LogP contribution is 2.22. The number of aryl methyl sites for hydroxylation is 1. The lowest BCUT2D eigenvalue weighted by Gasteiger charge is -2.08. The molecule has 124 valence electrons. The number of benzene rings is 1. The summed E-state index contributed by atoms with van der Waals surface area (Å²) in [6, 6.07) is 9.86. The van der Waals surface area contributed by atoms with E-state index in [0.29, 0.717) is 34.7 Å². The minimum atomic E-state index is -0.420. The molecular formula is C18H17FN2O3. The average molecular weight is 328 g/mol. The molecule has 5 nitrogen and oxygen atoms in total. The summed E-state index contributed by atoms with van der Waals surface area (Å²) in [4.78, 5) is 12.1. The van der Waals surface area contributed by atoms with E-state index in [0.717, 1.165) is 0 Å². The van der Waals surface area contributed by atoms with Gasteiger partial charge in [0.2, 0.25) is 0 Å². The summed E-state index contributed by atoms with van der Waals surface area (Å²) in [7, 11) is 0. The van der Waals surface area contributed by atoms with E-state index in [1.807, 2.05) is 0 Å². The molecule has 3 aromatic rings. The average Bonchev–Trinajstić information content (AvgIpc) is 2.89. The van der Waals surface area contributed by atoms with Crippen LogP contribution < -0.4 is 4.74 Å². The van der Waals surface area contributed by atoms with Crippen molar-refractivity contribution in [1.29, 1.82) is 0 Å². The van der Waals surface area contributed by atoms with Crippen LogP contribution in [0.3, 0.4) is 0 Å². The number of aromatic nitrogens is 2. The van der Waals surface area contributed by atoms with Crippen molar-refractivity contribution in [3.63, 3.8) is 0 Å². The predicted octanol–water partition coefficient (Wildman–Crippen LogP) is 3.54. The Balaban J connectivity index is 1.89. The monoisotopic (exact) mass is 328 g/mol. The Bertz CT molecular complexity index is 889. The molecule has 0 amide bonds. The van der Waals surface area contributed by atoms with Gasteiger partial charge in [-0.1, -0.05) is 18.2 Å². The Morgan fingerprint density at radius 2 is 2.08 bits per heavy atom. The fourth-order valence-electron chi connectivity index (χ4n) is 2.47. The maximum atomic E-state index is 13.6. The summed E-state index contributed by atoms with van der Waals surface area (Å²) < 4.78 is 26.0. The second-order valence-electron chi connectivity index (χ2n) is 5.25. The highest BCUT2D eigenvalue weighted by molar-refractivity contribution is 5.98. The van der Waals surface area contributed by atoms with E-state index < -0.39 is 5.97 Å². The third-order valence-corrected chi connectivity index (χ3v) is 3.61. The van der Waals surface area contributed by atoms with Gasteiger partial charge in [-0.3, -0.25) is 0 Å². The molecular weight excluding hydrogens is 311 g/mol. The van der Waals surface area contributed by atoms with Gasteiger partial charge in [0, 0.05) is 17.8 Å². The molecule has 3 rings (SSSR count). The zero-order valence-electron chi connectivity index (χ0n) is 13.5. The quantitative estimate of drug-likeness (QED) is 0.672. The fraction of sp³-hybridized carbons (Fsp3) is 0.222. The lowest BCUT2D eigenvalue weighted by atomic mass is 10.2. The van der Waals surface area contributed by atoms with Crippen molar-refractivity contribution < 1.29 is 18.7 Å². The minimum Gasteiger partial charge on any atom is -0.489 e. The number of hydrogen-bond acceptors (Lipinski definition) is 4. The first-order valence-corrected chi connectivity index (χ1v) is 7.62. The number of pyridine rings is 1. The van der Waals surface area contributed by atoms with Crippen LogP contribution in [0.4, 0.5) is 4.39 Å². The number of halogens is 1. The standard InChI is InChI=1S/C18H17FN2O3/c1-3-23-18(22)17-12(2)20-21-9-8-14(10-16(17)21)24-11-13-6-4-5-7-15(13)19/h4-10H,3,11H2,1-2H3. The van der Waals surface area contributed by atoms with E-state index in [1.54, 1.807) is 54.9 Å². The Kier molecular flexibility index (Phi) is 4.46. The van der Waals surface area contributed by atoms with Crippen LogP contribution in [0.1, 0.15) is 28.5 Å². The zero-order chi connectivity index (χ0) is 17.1. The summed E-state index contributed by atoms with van der Waals surface area (Å²) >= 11 is 0. The smallest absolute Gasteiger partial charge is 0.342 e. The van der Waals surface area contributed by atoms with Gasteiger partial charge in [-0.25, -0.2) is 13.7 Å². The lowest BCUT2D eigenvalue weighted by Crippen LogP contribution is -2.06. The van der Waals surface area contributed by atoms with Crippen molar-refractivity contribution in [2.24, 2.45) is 0 Å². The molecule has 2 aromatic heterocycles. The molecule has 0 bridgehead atoms. The van der Waals surface area contributed by atoms with Gasteiger partial charge >= 0.3 is 5.97 Å². The van der Waals surface area contributed by atoms with Gasteiger partial charge in [0.15, 0.2) is 0 Å². The van der Waals surface area contributed by atoms with Crippen LogP contribution in [0.15, 0.2) is 42.6 Å². The van der Waals surface area contributed by atoms with E-state index in [2.05, 4.69) is 5.10 Å². The normalized spacial score (nSPS) is 10.8. The number of esters is 1. The molecule has 0 fully saturated rings. The summed E-state index contributed by atoms with van der Waals surface area (Å²) in [5.74, 6) is -0.210. The Labute approximate surface area is 138 Å². The molecule has 0 saturated carbocycles. The molecule has 24 heavy (non-hydrogen) atoms. The number of ether oxygens (including phenoxy) is 2. The van der Waals surface area contributed by atoms with E-state index >= 15 is 0 Å². The van der Waals surface area contributed by atoms with Crippen molar-refractivity contribution in [3.05, 3.63) is 65.2 Å². The van der Waals surface area contributed by atoms with Gasteiger partial charge in [0.25, 0.3) is 0 Å². The molecule has 0 aliphatic heterocycles. The molecule has 0 saturated heterocycles. The van der Waals surface area contributed by atoms with Crippen LogP contribution in [0, 0.1) is 12.7 Å². The van der Waals surface area contributed by atoms with Crippen molar-refractivity contribution in [1.82, 2.24) is 9.61 Å². The molecule has 0 N–H and O–H groups in total. The lowest BCUT2D eigenvalue weighted by molar-refractivity contribution is 0.0528. The maximum Gasteiger partial charge on any atom is 0.342 e. The number of nitrogens with zero attached hydrogens (tertiary/aromatic N) is 2. The van der Waals surface area contributed by atoms with E-state index in [-0.39, 0.29) is 12.4 Å². The number of fused-ring (bicyclic) bond motifs is 1. The van der Waals surface area contributed by atoms with Crippen LogP contribution in [0.2, 0.25) is 0 Å². The highest BCUT2D eigenvalue weighted by Gasteiger charge is 2.18. The minimum absolute atomic E-state index is 0.102. The Morgan fingerprint density at radius 1 is 1.29 bits per heavy atom. The van der Waals surface area contributed by atoms with Gasteiger partial charge in [0.05, 0.1) is 17.8 Å². The van der Waals surface area contributed by atoms with Gasteiger partial charge in [-0.2, -0.15) is 5.10 Å². The molecule has 0 spiro atoms. The van der Waals surface area contributed by atoms with Gasteiger partial charge < -0.3 is 9.47 Å². The molecule has 0 unspecified atom stereocenters. The number of carbonyl (C=O) groups is 1. The topological polar surface area (TPSA) is 52.8 Å². The molecule has 1 aromatic carbocycles. The zero-order valence-corrected chi connectivity index (χ0v) is 13.5. The highest BCUT2D eigenvalue weighted by atomic mass is 19.1. The first kappa shape index (κ1) is 16.0. The molecule has 2 heterocycles. The second kappa shape index (κ2) is 6.70. The maximum absolute atomic E-state index is 13.6. The molecule has 0 aliphatic rings. The predicted molar refractivity (Wildman–Crippen MR) is 86.6 cm³/mol. The molecule has 0 aliphatic carbocycles. The van der Waals surface area contributed by atoms with Crippen LogP contribution >= 0.6 is 0 Å². The molecule has 0 radical (unpaired) electrons. The summed E-state index contributed by atoms with van der Waals surface area (Å²) in [6.45, 7) is 3.89. The van der Waals surface area contributed by atoms with Crippen LogP contribution in [0.25, 0.3) is 5.52 Å². The van der Waals surface area contributed by atoms with Crippen LogP contribution in [-0.2, 0) is 11.3 Å². The van der Waals surface area contributed by atoms with Gasteiger partial charge in [0.1, 0.15) is 23.7 Å². The number of rotatable bonds is 5. The molecule has 6 heteroatoms. The van der Waals surface area contributed by atoms with Gasteiger partial charge in [-0.15, -0.1) is 0 Å². The van der Waals surface area contributed by atoms with Crippen molar-refractivity contribution in [3.8, 4) is 5.75 Å². The van der Waals surface area contributed by atoms with Crippen LogP contribution in [-0.4, -0.2) is 22.2 Å². The van der Waals surface area contributed by atoms with E-state index in [9.17, 15) is 9.18 Å². The first-order chi connectivity index (χ1) is 11.6. The molecule has 0 atom stereocenters. The van der Waals surface area contributed by atoms with Crippen molar-refractivity contribution in [2.45, 2.75) is 20.5 Å². The summed E-state index contributed by atoms with van der Waals surface area (Å²) in [5.41, 5.74) is 2.05. The summed E-state index contributed by atoms with van der Waals surface area (Å²) in [6.07, 6.45) is 1.70. The van der Waals surface area contributed by atoms with Crippen molar-refractivity contribution in [2.75, 3.05) is 6.61 Å². The summed E-state index contributed by atoms with van der Waals surface area (Å²) in [5, 5.41) is 4.29. The first-order valence-electron chi connectivity index (χ1n) is 7.62. The number of hydrogen-bond donors (Lipinski definition) is 0. The Hall–Kier alpha value is -2.89.